The smallest absolute Gasteiger partial charge is 0.260 e. The number of halogens is 3. The van der Waals surface area contributed by atoms with Crippen LogP contribution in [0.3, 0.4) is 0 Å². The number of aromatic nitrogens is 2. The van der Waals surface area contributed by atoms with Gasteiger partial charge in [0.15, 0.2) is 11.5 Å². The molecule has 5 rings (SSSR count). The van der Waals surface area contributed by atoms with E-state index in [-0.39, 0.29) is 30.0 Å². The molecule has 0 saturated carbocycles. The summed E-state index contributed by atoms with van der Waals surface area (Å²) in [5.41, 5.74) is 1.46. The van der Waals surface area contributed by atoms with Gasteiger partial charge in [-0.1, -0.05) is 12.1 Å². The predicted molar refractivity (Wildman–Crippen MR) is 141 cm³/mol. The average Bonchev–Trinajstić information content (AvgIpc) is 3.37. The molecule has 2 aromatic carbocycles. The molecule has 208 valence electrons. The molecule has 2 unspecified atom stereocenters. The Morgan fingerprint density at radius 2 is 1.85 bits per heavy atom. The molecule has 0 bridgehead atoms. The molecule has 1 saturated heterocycles. The lowest BCUT2D eigenvalue weighted by atomic mass is 9.97. The summed E-state index contributed by atoms with van der Waals surface area (Å²) >= 11 is 0. The van der Waals surface area contributed by atoms with Crippen LogP contribution < -0.4 is 20.1 Å². The number of amides is 1. The zero-order chi connectivity index (χ0) is 27.8. The number of carbonyl (C=O) groups excluding carboxylic acids is 1. The number of nitrogens with one attached hydrogen (secondary N) is 2. The first-order chi connectivity index (χ1) is 18.7. The van der Waals surface area contributed by atoms with Gasteiger partial charge in [0, 0.05) is 36.8 Å². The molecule has 2 aliphatic heterocycles. The van der Waals surface area contributed by atoms with Gasteiger partial charge in [0.05, 0.1) is 31.5 Å². The highest BCUT2D eigenvalue weighted by Gasteiger charge is 2.35. The third kappa shape index (κ3) is 5.15. The normalized spacial score (nSPS) is 22.8. The SMILES string of the molecule is COc1ccc(C2CC(C(F)F)n3nc(-c4ccc(C(=O)N5C[C@H](C)NC[C@H]5C)c(F)c4)cc3N2)cc1OC. The maximum Gasteiger partial charge on any atom is 0.260 e. The Morgan fingerprint density at radius 1 is 1.08 bits per heavy atom. The van der Waals surface area contributed by atoms with Gasteiger partial charge in [-0.3, -0.25) is 4.79 Å². The Hall–Kier alpha value is -3.73. The number of alkyl halides is 2. The van der Waals surface area contributed by atoms with Crippen molar-refractivity contribution in [3.05, 3.63) is 59.4 Å². The minimum atomic E-state index is -2.67. The van der Waals surface area contributed by atoms with Gasteiger partial charge in [-0.15, -0.1) is 0 Å². The van der Waals surface area contributed by atoms with Crippen LogP contribution in [0.15, 0.2) is 42.5 Å². The first kappa shape index (κ1) is 26.9. The van der Waals surface area contributed by atoms with E-state index < -0.39 is 24.3 Å². The van der Waals surface area contributed by atoms with Gasteiger partial charge in [-0.05, 0) is 50.1 Å². The molecule has 0 radical (unpaired) electrons. The molecule has 39 heavy (non-hydrogen) atoms. The van der Waals surface area contributed by atoms with Gasteiger partial charge >= 0.3 is 0 Å². The van der Waals surface area contributed by atoms with Crippen LogP contribution in [0.2, 0.25) is 0 Å². The number of benzene rings is 2. The largest absolute Gasteiger partial charge is 0.493 e. The summed E-state index contributed by atoms with van der Waals surface area (Å²) in [5, 5.41) is 11.0. The van der Waals surface area contributed by atoms with E-state index in [1.807, 2.05) is 13.8 Å². The highest BCUT2D eigenvalue weighted by molar-refractivity contribution is 5.95. The van der Waals surface area contributed by atoms with Crippen molar-refractivity contribution in [3.63, 3.8) is 0 Å². The summed E-state index contributed by atoms with van der Waals surface area (Å²) in [5.74, 6) is 0.384. The third-order valence-corrected chi connectivity index (χ3v) is 7.47. The first-order valence-electron chi connectivity index (χ1n) is 12.9. The zero-order valence-electron chi connectivity index (χ0n) is 22.2. The maximum atomic E-state index is 15.2. The van der Waals surface area contributed by atoms with Crippen molar-refractivity contribution in [2.75, 3.05) is 32.6 Å². The zero-order valence-corrected chi connectivity index (χ0v) is 22.2. The van der Waals surface area contributed by atoms with E-state index in [4.69, 9.17) is 9.47 Å². The first-order valence-corrected chi connectivity index (χ1v) is 12.9. The molecule has 1 amide bonds. The number of anilines is 1. The highest BCUT2D eigenvalue weighted by atomic mass is 19.3. The lowest BCUT2D eigenvalue weighted by molar-refractivity contribution is 0.0611. The molecule has 2 aliphatic rings. The summed E-state index contributed by atoms with van der Waals surface area (Å²) in [6.45, 7) is 5.01. The number of hydrogen-bond donors (Lipinski definition) is 2. The summed E-state index contributed by atoms with van der Waals surface area (Å²) in [4.78, 5) is 14.8. The highest BCUT2D eigenvalue weighted by Crippen LogP contribution is 2.41. The Bertz CT molecular complexity index is 1360. The number of fused-ring (bicyclic) bond motifs is 1. The number of ether oxygens (including phenoxy) is 2. The van der Waals surface area contributed by atoms with Crippen molar-refractivity contribution in [1.82, 2.24) is 20.0 Å². The van der Waals surface area contributed by atoms with E-state index in [9.17, 15) is 13.6 Å². The second kappa shape index (κ2) is 10.8. The molecule has 2 N–H and O–H groups in total. The van der Waals surface area contributed by atoms with Crippen LogP contribution in [0, 0.1) is 5.82 Å². The molecule has 3 aromatic rings. The van der Waals surface area contributed by atoms with Crippen molar-refractivity contribution in [2.24, 2.45) is 0 Å². The van der Waals surface area contributed by atoms with Crippen LogP contribution in [0.25, 0.3) is 11.3 Å². The summed E-state index contributed by atoms with van der Waals surface area (Å²) in [7, 11) is 3.04. The Labute approximate surface area is 225 Å². The fraction of sp³-hybridized carbons (Fsp3) is 0.429. The number of nitrogens with zero attached hydrogens (tertiary/aromatic N) is 3. The third-order valence-electron chi connectivity index (χ3n) is 7.47. The van der Waals surface area contributed by atoms with Crippen molar-refractivity contribution in [2.45, 2.75) is 50.9 Å². The summed E-state index contributed by atoms with van der Waals surface area (Å²) in [6, 6.07) is 9.63. The molecule has 3 heterocycles. The van der Waals surface area contributed by atoms with E-state index in [0.717, 1.165) is 5.56 Å². The van der Waals surface area contributed by atoms with E-state index in [1.54, 1.807) is 35.2 Å². The fourth-order valence-corrected chi connectivity index (χ4v) is 5.28. The van der Waals surface area contributed by atoms with E-state index in [2.05, 4.69) is 15.7 Å². The van der Waals surface area contributed by atoms with Crippen molar-refractivity contribution in [1.29, 1.82) is 0 Å². The number of hydrogen-bond acceptors (Lipinski definition) is 6. The van der Waals surface area contributed by atoms with Crippen molar-refractivity contribution in [3.8, 4) is 22.8 Å². The molecular formula is C28H32F3N5O3. The topological polar surface area (TPSA) is 80.7 Å². The van der Waals surface area contributed by atoms with Gasteiger partial charge in [-0.2, -0.15) is 5.10 Å². The molecule has 1 fully saturated rings. The number of rotatable bonds is 6. The van der Waals surface area contributed by atoms with Gasteiger partial charge in [-0.25, -0.2) is 17.9 Å². The number of carbonyl (C=O) groups is 1. The van der Waals surface area contributed by atoms with Gasteiger partial charge in [0.1, 0.15) is 17.7 Å². The monoisotopic (exact) mass is 543 g/mol. The standard InChI is InChI=1S/C28H32F3N5O3/c1-15-14-35(16(2)13-32-15)28(37)19-7-5-17(9-20(19)29)22-12-26-33-21(11-23(27(30)31)36(26)34-22)18-6-8-24(38-3)25(10-18)39-4/h5-10,12,15-16,21,23,27,32-33H,11,13-14H2,1-4H3/t15-,16+,21?,23?/m0/s1. The Morgan fingerprint density at radius 3 is 2.54 bits per heavy atom. The molecule has 8 nitrogen and oxygen atoms in total. The quantitative estimate of drug-likeness (QED) is 0.461. The summed E-state index contributed by atoms with van der Waals surface area (Å²) < 4.78 is 55.5. The molecule has 11 heteroatoms. The molecule has 1 aromatic heterocycles. The summed E-state index contributed by atoms with van der Waals surface area (Å²) in [6.07, 6.45) is -2.58. The molecule has 4 atom stereocenters. The van der Waals surface area contributed by atoms with Crippen LogP contribution in [0.1, 0.15) is 48.3 Å². The molecule has 0 aliphatic carbocycles. The molecular weight excluding hydrogens is 511 g/mol. The Kier molecular flexibility index (Phi) is 7.44. The van der Waals surface area contributed by atoms with Gasteiger partial charge < -0.3 is 25.0 Å². The lowest BCUT2D eigenvalue weighted by Gasteiger charge is -2.37. The predicted octanol–water partition coefficient (Wildman–Crippen LogP) is 4.89. The van der Waals surface area contributed by atoms with Crippen LogP contribution in [-0.2, 0) is 0 Å². The van der Waals surface area contributed by atoms with Gasteiger partial charge in [0.2, 0.25) is 0 Å². The second-order valence-electron chi connectivity index (χ2n) is 10.1. The number of methoxy groups -OCH3 is 2. The van der Waals surface area contributed by atoms with Crippen molar-refractivity contribution < 1.29 is 27.4 Å². The maximum absolute atomic E-state index is 15.2. The second-order valence-corrected chi connectivity index (χ2v) is 10.1. The number of piperazine rings is 1. The van der Waals surface area contributed by atoms with E-state index in [0.29, 0.717) is 41.7 Å². The fourth-order valence-electron chi connectivity index (χ4n) is 5.28. The van der Waals surface area contributed by atoms with Gasteiger partial charge in [0.25, 0.3) is 12.3 Å². The minimum absolute atomic E-state index is 0.0271. The van der Waals surface area contributed by atoms with Crippen LogP contribution in [0.5, 0.6) is 11.5 Å². The van der Waals surface area contributed by atoms with Crippen LogP contribution in [-0.4, -0.2) is 66.4 Å². The van der Waals surface area contributed by atoms with E-state index in [1.165, 1.54) is 31.0 Å². The lowest BCUT2D eigenvalue weighted by Crippen LogP contribution is -2.56. The van der Waals surface area contributed by atoms with Crippen molar-refractivity contribution >= 4 is 11.7 Å². The average molecular weight is 544 g/mol. The minimum Gasteiger partial charge on any atom is -0.493 e. The van der Waals surface area contributed by atoms with E-state index >= 15 is 4.39 Å². The van der Waals surface area contributed by atoms with Crippen LogP contribution >= 0.6 is 0 Å². The van der Waals surface area contributed by atoms with Crippen LogP contribution in [0.4, 0.5) is 19.0 Å². The Balaban J connectivity index is 1.42. The molecule has 0 spiro atoms.